The average Bonchev–Trinajstić information content (AvgIpc) is 3.41. The van der Waals surface area contributed by atoms with Gasteiger partial charge in [-0.3, -0.25) is 4.99 Å². The fourth-order valence-electron chi connectivity index (χ4n) is 3.17. The van der Waals surface area contributed by atoms with Crippen LogP contribution in [-0.2, 0) is 0 Å². The van der Waals surface area contributed by atoms with Crippen molar-refractivity contribution in [2.75, 3.05) is 37.3 Å². The highest BCUT2D eigenvalue weighted by molar-refractivity contribution is 8.00. The molecule has 146 valence electrons. The molecule has 0 spiro atoms. The van der Waals surface area contributed by atoms with Gasteiger partial charge in [-0.2, -0.15) is 0 Å². The zero-order chi connectivity index (χ0) is 18.9. The quantitative estimate of drug-likeness (QED) is 0.300. The molecule has 1 unspecified atom stereocenters. The van der Waals surface area contributed by atoms with Gasteiger partial charge in [-0.1, -0.05) is 23.9 Å². The van der Waals surface area contributed by atoms with Crippen LogP contribution in [0, 0.1) is 0 Å². The number of aromatic nitrogens is 1. The van der Waals surface area contributed by atoms with Crippen LogP contribution in [0.15, 0.2) is 45.2 Å². The average molecular weight is 404 g/mol. The fourth-order valence-corrected chi connectivity index (χ4v) is 4.82. The van der Waals surface area contributed by atoms with Gasteiger partial charge in [-0.05, 0) is 43.9 Å². The van der Waals surface area contributed by atoms with E-state index in [2.05, 4.69) is 56.7 Å². The summed E-state index contributed by atoms with van der Waals surface area (Å²) in [5.41, 5.74) is 2.63. The van der Waals surface area contributed by atoms with Gasteiger partial charge in [-0.25, -0.2) is 4.98 Å². The van der Waals surface area contributed by atoms with Crippen molar-refractivity contribution in [3.05, 3.63) is 41.4 Å². The number of hydrogen-bond donors (Lipinski definition) is 2. The molecule has 1 saturated heterocycles. The van der Waals surface area contributed by atoms with E-state index in [1.165, 1.54) is 37.2 Å². The summed E-state index contributed by atoms with van der Waals surface area (Å²) in [7, 11) is 1.83. The van der Waals surface area contributed by atoms with Crippen LogP contribution in [-0.4, -0.2) is 43.4 Å². The van der Waals surface area contributed by atoms with E-state index in [4.69, 9.17) is 0 Å². The first-order valence-electron chi connectivity index (χ1n) is 9.60. The van der Waals surface area contributed by atoms with Gasteiger partial charge in [0.25, 0.3) is 0 Å². The Kier molecular flexibility index (Phi) is 7.83. The normalized spacial score (nSPS) is 15.8. The highest BCUT2D eigenvalue weighted by Gasteiger charge is 2.14. The second-order valence-corrected chi connectivity index (χ2v) is 8.89. The molecule has 0 saturated carbocycles. The predicted octanol–water partition coefficient (Wildman–Crippen LogP) is 4.15. The lowest BCUT2D eigenvalue weighted by Crippen LogP contribution is -2.39. The molecule has 2 heterocycles. The van der Waals surface area contributed by atoms with E-state index >= 15 is 0 Å². The van der Waals surface area contributed by atoms with Crippen molar-refractivity contribution in [2.24, 2.45) is 4.99 Å². The van der Waals surface area contributed by atoms with Crippen molar-refractivity contribution < 1.29 is 0 Å². The third-order valence-corrected chi connectivity index (χ3v) is 6.72. The third kappa shape index (κ3) is 6.14. The lowest BCUT2D eigenvalue weighted by atomic mass is 10.1. The third-order valence-electron chi connectivity index (χ3n) is 4.67. The Morgan fingerprint density at radius 1 is 1.37 bits per heavy atom. The number of anilines is 1. The Balaban J connectivity index is 1.44. The summed E-state index contributed by atoms with van der Waals surface area (Å²) in [6, 6.07) is 9.08. The highest BCUT2D eigenvalue weighted by atomic mass is 32.2. The van der Waals surface area contributed by atoms with E-state index in [9.17, 15) is 0 Å². The molecule has 27 heavy (non-hydrogen) atoms. The van der Waals surface area contributed by atoms with Crippen molar-refractivity contribution in [1.82, 2.24) is 15.6 Å². The van der Waals surface area contributed by atoms with E-state index in [1.807, 2.05) is 30.4 Å². The van der Waals surface area contributed by atoms with Crippen molar-refractivity contribution in [3.8, 4) is 0 Å². The van der Waals surface area contributed by atoms with Gasteiger partial charge in [0, 0.05) is 49.7 Å². The van der Waals surface area contributed by atoms with Crippen LogP contribution in [0.1, 0.15) is 37.8 Å². The number of thioether (sulfide) groups is 1. The summed E-state index contributed by atoms with van der Waals surface area (Å²) in [5.74, 6) is 1.92. The molecule has 1 aliphatic rings. The van der Waals surface area contributed by atoms with Gasteiger partial charge in [0.2, 0.25) is 0 Å². The SMILES string of the molecule is CN=C(NCCCSc1nccs1)NC(C)c1cccc(N2CCCC2)c1. The van der Waals surface area contributed by atoms with E-state index in [-0.39, 0.29) is 6.04 Å². The van der Waals surface area contributed by atoms with Crippen molar-refractivity contribution >= 4 is 34.7 Å². The number of benzene rings is 1. The van der Waals surface area contributed by atoms with E-state index in [0.717, 1.165) is 29.0 Å². The second-order valence-electron chi connectivity index (χ2n) is 6.65. The molecule has 3 rings (SSSR count). The van der Waals surface area contributed by atoms with Gasteiger partial charge in [0.15, 0.2) is 5.96 Å². The largest absolute Gasteiger partial charge is 0.372 e. The Bertz CT molecular complexity index is 711. The maximum absolute atomic E-state index is 4.37. The van der Waals surface area contributed by atoms with Gasteiger partial charge < -0.3 is 15.5 Å². The van der Waals surface area contributed by atoms with Gasteiger partial charge in [0.1, 0.15) is 4.34 Å². The Morgan fingerprint density at radius 2 is 2.22 bits per heavy atom. The Labute approximate surface area is 170 Å². The molecule has 1 aromatic carbocycles. The second kappa shape index (κ2) is 10.6. The van der Waals surface area contributed by atoms with Gasteiger partial charge in [-0.15, -0.1) is 11.3 Å². The molecule has 0 radical (unpaired) electrons. The number of aliphatic imine (C=N–C) groups is 1. The Morgan fingerprint density at radius 3 is 2.96 bits per heavy atom. The summed E-state index contributed by atoms with van der Waals surface area (Å²) in [6.45, 7) is 5.44. The van der Waals surface area contributed by atoms with Crippen LogP contribution in [0.3, 0.4) is 0 Å². The standard InChI is InChI=1S/C20H29N5S2/c1-16(17-7-5-8-18(15-17)25-11-3-4-12-25)24-19(21-2)22-9-6-13-26-20-23-10-14-27-20/h5,7-8,10,14-16H,3-4,6,9,11-13H2,1-2H3,(H2,21,22,24). The van der Waals surface area contributed by atoms with Crippen LogP contribution in [0.2, 0.25) is 0 Å². The minimum Gasteiger partial charge on any atom is -0.372 e. The monoisotopic (exact) mass is 403 g/mol. The van der Waals surface area contributed by atoms with E-state index < -0.39 is 0 Å². The summed E-state index contributed by atoms with van der Waals surface area (Å²) < 4.78 is 1.14. The van der Waals surface area contributed by atoms with Crippen LogP contribution in [0.25, 0.3) is 0 Å². The molecule has 1 atom stereocenters. The molecule has 0 aliphatic carbocycles. The smallest absolute Gasteiger partial charge is 0.191 e. The number of thiazole rings is 1. The maximum Gasteiger partial charge on any atom is 0.191 e. The lowest BCUT2D eigenvalue weighted by Gasteiger charge is -2.22. The molecule has 1 aromatic heterocycles. The lowest BCUT2D eigenvalue weighted by molar-refractivity contribution is 0.682. The molecule has 7 heteroatoms. The van der Waals surface area contributed by atoms with E-state index in [1.54, 1.807) is 11.3 Å². The molecule has 1 aliphatic heterocycles. The molecular weight excluding hydrogens is 374 g/mol. The number of guanidine groups is 1. The summed E-state index contributed by atoms with van der Waals surface area (Å²) in [4.78, 5) is 11.1. The maximum atomic E-state index is 4.37. The minimum absolute atomic E-state index is 0.212. The summed E-state index contributed by atoms with van der Waals surface area (Å²) in [6.07, 6.45) is 5.53. The molecule has 2 N–H and O–H groups in total. The van der Waals surface area contributed by atoms with Gasteiger partial charge in [0.05, 0.1) is 6.04 Å². The summed E-state index contributed by atoms with van der Waals surface area (Å²) in [5, 5.41) is 8.95. The van der Waals surface area contributed by atoms with Crippen molar-refractivity contribution in [1.29, 1.82) is 0 Å². The Hall–Kier alpha value is -1.73. The van der Waals surface area contributed by atoms with Gasteiger partial charge >= 0.3 is 0 Å². The van der Waals surface area contributed by atoms with Crippen molar-refractivity contribution in [2.45, 2.75) is 36.6 Å². The van der Waals surface area contributed by atoms with E-state index in [0.29, 0.717) is 0 Å². The molecule has 2 aromatic rings. The molecule has 1 fully saturated rings. The first-order chi connectivity index (χ1) is 13.3. The van der Waals surface area contributed by atoms with Crippen LogP contribution < -0.4 is 15.5 Å². The molecule has 0 amide bonds. The topological polar surface area (TPSA) is 52.6 Å². The number of hydrogen-bond acceptors (Lipinski definition) is 5. The first kappa shape index (κ1) is 20.0. The zero-order valence-electron chi connectivity index (χ0n) is 16.1. The highest BCUT2D eigenvalue weighted by Crippen LogP contribution is 2.24. The number of nitrogens with one attached hydrogen (secondary N) is 2. The molecular formula is C20H29N5S2. The predicted molar refractivity (Wildman–Crippen MR) is 118 cm³/mol. The number of nitrogens with zero attached hydrogens (tertiary/aromatic N) is 3. The minimum atomic E-state index is 0.212. The first-order valence-corrected chi connectivity index (χ1v) is 11.5. The molecule has 5 nitrogen and oxygen atoms in total. The fraction of sp³-hybridized carbons (Fsp3) is 0.500. The van der Waals surface area contributed by atoms with Crippen LogP contribution in [0.4, 0.5) is 5.69 Å². The van der Waals surface area contributed by atoms with Crippen molar-refractivity contribution in [3.63, 3.8) is 0 Å². The zero-order valence-corrected chi connectivity index (χ0v) is 17.8. The van der Waals surface area contributed by atoms with Crippen LogP contribution in [0.5, 0.6) is 0 Å². The number of rotatable bonds is 8. The summed E-state index contributed by atoms with van der Waals surface area (Å²) >= 11 is 3.51. The molecule has 0 bridgehead atoms. The van der Waals surface area contributed by atoms with Crippen LogP contribution >= 0.6 is 23.1 Å².